The van der Waals surface area contributed by atoms with Gasteiger partial charge in [-0.25, -0.2) is 9.13 Å². The molecule has 0 radical (unpaired) electrons. The molecule has 0 saturated heterocycles. The van der Waals surface area contributed by atoms with E-state index in [0.29, 0.717) is 33.6 Å². The van der Waals surface area contributed by atoms with Gasteiger partial charge in [-0.1, -0.05) is 84.9 Å². The highest BCUT2D eigenvalue weighted by atomic mass is 31.2. The molecule has 0 atom stereocenters. The Hall–Kier alpha value is -7.90. The third kappa shape index (κ3) is 6.55. The highest BCUT2D eigenvalue weighted by Gasteiger charge is 2.45. The van der Waals surface area contributed by atoms with Gasteiger partial charge in [0.1, 0.15) is 23.0 Å². The highest BCUT2D eigenvalue weighted by molar-refractivity contribution is 7.63. The fourth-order valence-electron chi connectivity index (χ4n) is 11.2. The van der Waals surface area contributed by atoms with Crippen LogP contribution in [-0.4, -0.2) is 19.9 Å². The second kappa shape index (κ2) is 15.8. The maximum atomic E-state index is 15.5. The van der Waals surface area contributed by atoms with Gasteiger partial charge in [-0.15, -0.1) is 0 Å². The van der Waals surface area contributed by atoms with Gasteiger partial charge in [-0.3, -0.25) is 0 Å². The number of aromatic nitrogens is 4. The normalized spacial score (nSPS) is 25.8. The van der Waals surface area contributed by atoms with Crippen LogP contribution < -0.4 is 28.7 Å². The standard InChI is InChI=1S/C60H50N4O6P2/c1-57-39-15-11-19-43(35-39)67-71(65,47-23-7-5-8-24-47)68-44-20-12-16-40(36-44)58(2,50-28-27-49(57)61-50)55-33-34-56(64-55)60(4)42-18-14-22-46(38-42)70-72(66,48-25-9-6-10-26-48)69-45-21-13-17-41(37-45)59(3,51-29-30-52(60)62-51)54-32-31-53(57)63-54/h5-38,61-64H,1-4H3/t57-,58+,59+,60-,71+,72?. The summed E-state index contributed by atoms with van der Waals surface area (Å²) >= 11 is 0. The van der Waals surface area contributed by atoms with E-state index in [0.717, 1.165) is 67.8 Å². The lowest BCUT2D eigenvalue weighted by Gasteiger charge is -2.34. The minimum absolute atomic E-state index is 0.391. The van der Waals surface area contributed by atoms with Crippen molar-refractivity contribution in [2.24, 2.45) is 0 Å². The first kappa shape index (κ1) is 44.1. The van der Waals surface area contributed by atoms with Crippen molar-refractivity contribution in [1.29, 1.82) is 0 Å². The molecule has 0 amide bonds. The van der Waals surface area contributed by atoms with Crippen LogP contribution in [0.25, 0.3) is 0 Å². The summed E-state index contributed by atoms with van der Waals surface area (Å²) in [6, 6.07) is 66.7. The van der Waals surface area contributed by atoms with Crippen molar-refractivity contribution in [2.45, 2.75) is 49.4 Å². The van der Waals surface area contributed by atoms with Gasteiger partial charge in [0.05, 0.1) is 32.3 Å². The zero-order chi connectivity index (χ0) is 49.1. The van der Waals surface area contributed by atoms with Crippen molar-refractivity contribution in [3.63, 3.8) is 0 Å². The fourth-order valence-corrected chi connectivity index (χ4v) is 14.4. The lowest BCUT2D eigenvalue weighted by Crippen LogP contribution is -2.32. The maximum Gasteiger partial charge on any atom is 0.462 e. The molecule has 356 valence electrons. The minimum atomic E-state index is -4.07. The Morgan fingerprint density at radius 1 is 0.292 bits per heavy atom. The molecule has 6 aromatic carbocycles. The molecule has 72 heavy (non-hydrogen) atoms. The van der Waals surface area contributed by atoms with Crippen LogP contribution in [0.2, 0.25) is 0 Å². The summed E-state index contributed by atoms with van der Waals surface area (Å²) in [5, 5.41) is 0.861. The van der Waals surface area contributed by atoms with Crippen molar-refractivity contribution in [2.75, 3.05) is 0 Å². The first-order valence-corrected chi connectivity index (χ1v) is 27.2. The second-order valence-electron chi connectivity index (χ2n) is 19.8. The molecule has 20 bridgehead atoms. The van der Waals surface area contributed by atoms with Gasteiger partial charge < -0.3 is 38.0 Å². The topological polar surface area (TPSA) is 134 Å². The molecule has 0 saturated carbocycles. The zero-order valence-corrected chi connectivity index (χ0v) is 41.8. The summed E-state index contributed by atoms with van der Waals surface area (Å²) in [7, 11) is -8.13. The average Bonchev–Trinajstić information content (AvgIpc) is 4.27. The van der Waals surface area contributed by atoms with Crippen molar-refractivity contribution in [3.8, 4) is 23.0 Å². The van der Waals surface area contributed by atoms with Crippen LogP contribution in [0.5, 0.6) is 23.0 Å². The Morgan fingerprint density at radius 2 is 0.514 bits per heavy atom. The summed E-state index contributed by atoms with van der Waals surface area (Å²) in [5.41, 5.74) is 7.22. The Labute approximate surface area is 417 Å². The predicted octanol–water partition coefficient (Wildman–Crippen LogP) is 13.3. The molecular weight excluding hydrogens is 935 g/mol. The smallest absolute Gasteiger partial charge is 0.413 e. The third-order valence-corrected chi connectivity index (χ3v) is 19.4. The van der Waals surface area contributed by atoms with Gasteiger partial charge in [-0.2, -0.15) is 0 Å². The molecule has 4 N–H and O–H groups in total. The Morgan fingerprint density at radius 3 is 0.736 bits per heavy atom. The van der Waals surface area contributed by atoms with E-state index in [1.807, 2.05) is 109 Å². The number of hydrogen-bond acceptors (Lipinski definition) is 6. The van der Waals surface area contributed by atoms with E-state index in [-0.39, 0.29) is 0 Å². The van der Waals surface area contributed by atoms with Crippen LogP contribution in [0.4, 0.5) is 0 Å². The summed E-state index contributed by atoms with van der Waals surface area (Å²) < 4.78 is 57.6. The Balaban J connectivity index is 1.14. The van der Waals surface area contributed by atoms with E-state index in [4.69, 9.17) is 18.1 Å². The monoisotopic (exact) mass is 984 g/mol. The van der Waals surface area contributed by atoms with Crippen molar-refractivity contribution < 1.29 is 27.2 Å². The van der Waals surface area contributed by atoms with E-state index in [1.54, 1.807) is 24.3 Å². The van der Waals surface area contributed by atoms with Gasteiger partial charge >= 0.3 is 15.2 Å². The highest BCUT2D eigenvalue weighted by Crippen LogP contribution is 2.54. The number of nitrogens with one attached hydrogen (secondary N) is 4. The fraction of sp³-hybridized carbons (Fsp3) is 0.133. The van der Waals surface area contributed by atoms with Crippen LogP contribution in [-0.2, 0) is 30.8 Å². The van der Waals surface area contributed by atoms with E-state index >= 15 is 9.13 Å². The maximum absolute atomic E-state index is 15.5. The van der Waals surface area contributed by atoms with Crippen LogP contribution in [0.1, 0.15) is 95.5 Å². The molecule has 13 rings (SSSR count). The van der Waals surface area contributed by atoms with Crippen molar-refractivity contribution in [1.82, 2.24) is 19.9 Å². The number of hydrogen-bond donors (Lipinski definition) is 4. The quantitative estimate of drug-likeness (QED) is 0.127. The van der Waals surface area contributed by atoms with Crippen LogP contribution >= 0.6 is 15.2 Å². The van der Waals surface area contributed by atoms with E-state index < -0.39 is 36.9 Å². The second-order valence-corrected chi connectivity index (χ2v) is 23.5. The molecule has 0 aliphatic carbocycles. The van der Waals surface area contributed by atoms with Gasteiger partial charge in [0.2, 0.25) is 0 Å². The van der Waals surface area contributed by atoms with Crippen molar-refractivity contribution in [3.05, 3.63) is 274 Å². The summed E-state index contributed by atoms with van der Waals surface area (Å²) in [5.74, 6) is 1.57. The minimum Gasteiger partial charge on any atom is -0.413 e. The van der Waals surface area contributed by atoms with Crippen molar-refractivity contribution >= 4 is 25.8 Å². The zero-order valence-electron chi connectivity index (χ0n) is 40.0. The van der Waals surface area contributed by atoms with Gasteiger partial charge in [0.15, 0.2) is 0 Å². The molecule has 10 nitrogen and oxygen atoms in total. The molecular formula is C60H50N4O6P2. The lowest BCUT2D eigenvalue weighted by atomic mass is 9.76. The van der Waals surface area contributed by atoms with E-state index in [9.17, 15) is 0 Å². The molecule has 0 fully saturated rings. The Kier molecular flexibility index (Phi) is 9.67. The van der Waals surface area contributed by atoms with Gasteiger partial charge in [0.25, 0.3) is 0 Å². The van der Waals surface area contributed by atoms with Crippen LogP contribution in [0.15, 0.2) is 206 Å². The number of H-pyrrole nitrogens is 4. The molecule has 10 aromatic rings. The molecule has 0 spiro atoms. The molecule has 4 aromatic heterocycles. The number of fused-ring (bicyclic) bond motifs is 20. The van der Waals surface area contributed by atoms with Gasteiger partial charge in [-0.05, 0) is 171 Å². The predicted molar refractivity (Wildman–Crippen MR) is 281 cm³/mol. The first-order valence-electron chi connectivity index (χ1n) is 24.1. The molecule has 12 heteroatoms. The molecule has 3 aliphatic rings. The number of aromatic amines is 4. The lowest BCUT2D eigenvalue weighted by molar-refractivity contribution is 0.397. The van der Waals surface area contributed by atoms with E-state index in [2.05, 4.69) is 120 Å². The molecule has 7 heterocycles. The van der Waals surface area contributed by atoms with Gasteiger partial charge in [0, 0.05) is 45.6 Å². The SMILES string of the molecule is C[C@]12c3cccc(c3)OP(=O)(c3ccccc3)Oc3cccc(c3)[C@](C)(c3ccc1[nH]3)c1ccc([nH]1)[C@@]1(C)c3cccc(c3)O[P@](=O)(c3ccccc3)Oc3cccc(c3)[C@@](C)(c3ccc2[nH]3)c2ccc1[nH]2. The summed E-state index contributed by atoms with van der Waals surface area (Å²) in [6.45, 7) is 8.79. The van der Waals surface area contributed by atoms with E-state index in [1.165, 1.54) is 0 Å². The molecule has 3 aliphatic heterocycles. The van der Waals surface area contributed by atoms with Crippen LogP contribution in [0.3, 0.4) is 0 Å². The average molecular weight is 985 g/mol. The first-order chi connectivity index (χ1) is 34.8. The number of benzene rings is 6. The summed E-state index contributed by atoms with van der Waals surface area (Å²) in [6.07, 6.45) is 0. The summed E-state index contributed by atoms with van der Waals surface area (Å²) in [4.78, 5) is 16.0. The Bertz CT molecular complexity index is 3400. The van der Waals surface area contributed by atoms with Crippen LogP contribution in [0, 0.1) is 0 Å². The number of rotatable bonds is 2. The molecule has 0 unspecified atom stereocenters. The largest absolute Gasteiger partial charge is 0.462 e. The third-order valence-electron chi connectivity index (χ3n) is 15.7.